The van der Waals surface area contributed by atoms with Gasteiger partial charge in [-0.25, -0.2) is 5.43 Å². The summed E-state index contributed by atoms with van der Waals surface area (Å²) >= 11 is 0. The molecule has 0 unspecified atom stereocenters. The number of carbonyl (C=O) groups excluding carboxylic acids is 1. The summed E-state index contributed by atoms with van der Waals surface area (Å²) in [6, 6.07) is 10.0. The predicted octanol–water partition coefficient (Wildman–Crippen LogP) is 3.22. The average Bonchev–Trinajstić information content (AvgIpc) is 3.17. The zero-order valence-corrected chi connectivity index (χ0v) is 15.9. The molecule has 0 fully saturated rings. The molecule has 3 rings (SSSR count). The van der Waals surface area contributed by atoms with E-state index in [1.54, 1.807) is 26.0 Å². The van der Waals surface area contributed by atoms with Crippen molar-refractivity contribution in [3.05, 3.63) is 63.7 Å². The number of nitro benzene ring substituents is 1. The van der Waals surface area contributed by atoms with Crippen LogP contribution in [0.4, 0.5) is 5.69 Å². The molecule has 0 saturated carbocycles. The number of nitrogens with zero attached hydrogens (tertiary/aromatic N) is 2. The fraction of sp³-hybridized carbons (Fsp3) is 0.200. The number of hydrogen-bond donors (Lipinski definition) is 1. The van der Waals surface area contributed by atoms with Crippen molar-refractivity contribution in [3.8, 4) is 17.2 Å². The van der Waals surface area contributed by atoms with Crippen molar-refractivity contribution in [1.29, 1.82) is 0 Å². The Balaban J connectivity index is 1.53. The Morgan fingerprint density at radius 1 is 1.28 bits per heavy atom. The van der Waals surface area contributed by atoms with Crippen molar-refractivity contribution in [1.82, 2.24) is 5.43 Å². The first-order chi connectivity index (χ1) is 13.9. The van der Waals surface area contributed by atoms with E-state index in [0.717, 1.165) is 11.1 Å². The minimum Gasteiger partial charge on any atom is -0.477 e. The van der Waals surface area contributed by atoms with Crippen LogP contribution >= 0.6 is 0 Å². The van der Waals surface area contributed by atoms with Gasteiger partial charge in [0, 0.05) is 6.07 Å². The van der Waals surface area contributed by atoms with Gasteiger partial charge < -0.3 is 14.2 Å². The van der Waals surface area contributed by atoms with E-state index >= 15 is 0 Å². The number of benzene rings is 2. The van der Waals surface area contributed by atoms with Crippen LogP contribution in [0.2, 0.25) is 0 Å². The molecule has 1 heterocycles. The first kappa shape index (κ1) is 19.9. The smallest absolute Gasteiger partial charge is 0.311 e. The van der Waals surface area contributed by atoms with Crippen molar-refractivity contribution >= 4 is 23.4 Å². The Morgan fingerprint density at radius 2 is 2.07 bits per heavy atom. The molecule has 0 saturated heterocycles. The Morgan fingerprint density at radius 3 is 2.86 bits per heavy atom. The topological polar surface area (TPSA) is 112 Å². The van der Waals surface area contributed by atoms with E-state index in [2.05, 4.69) is 10.5 Å². The molecule has 1 amide bonds. The highest BCUT2D eigenvalue weighted by atomic mass is 16.7. The Bertz CT molecular complexity index is 1000. The third-order valence-corrected chi connectivity index (χ3v) is 3.94. The van der Waals surface area contributed by atoms with E-state index < -0.39 is 17.4 Å². The summed E-state index contributed by atoms with van der Waals surface area (Å²) in [5, 5.41) is 15.0. The van der Waals surface area contributed by atoms with Gasteiger partial charge in [0.1, 0.15) is 0 Å². The Labute approximate surface area is 166 Å². The molecule has 2 aromatic rings. The quantitative estimate of drug-likeness (QED) is 0.436. The number of nitrogens with one attached hydrogen (secondary N) is 1. The molecule has 0 radical (unpaired) electrons. The summed E-state index contributed by atoms with van der Waals surface area (Å²) < 4.78 is 15.8. The van der Waals surface area contributed by atoms with Crippen LogP contribution in [0.3, 0.4) is 0 Å². The monoisotopic (exact) mass is 397 g/mol. The number of rotatable bonds is 7. The van der Waals surface area contributed by atoms with E-state index in [-0.39, 0.29) is 18.2 Å². The fourth-order valence-corrected chi connectivity index (χ4v) is 2.49. The largest absolute Gasteiger partial charge is 0.477 e. The molecule has 0 atom stereocenters. The third kappa shape index (κ3) is 5.32. The van der Waals surface area contributed by atoms with Gasteiger partial charge in [-0.05, 0) is 49.2 Å². The normalized spacial score (nSPS) is 12.8. The highest BCUT2D eigenvalue weighted by Crippen LogP contribution is 2.32. The van der Waals surface area contributed by atoms with Crippen LogP contribution in [0.15, 0.2) is 47.6 Å². The van der Waals surface area contributed by atoms with Gasteiger partial charge in [-0.2, -0.15) is 5.10 Å². The Hall–Kier alpha value is -3.88. The van der Waals surface area contributed by atoms with Crippen LogP contribution < -0.4 is 19.6 Å². The molecule has 29 heavy (non-hydrogen) atoms. The van der Waals surface area contributed by atoms with Crippen LogP contribution in [0.5, 0.6) is 17.2 Å². The van der Waals surface area contributed by atoms with Crippen molar-refractivity contribution in [3.63, 3.8) is 0 Å². The van der Waals surface area contributed by atoms with Gasteiger partial charge in [0.05, 0.1) is 10.6 Å². The number of ether oxygens (including phenoxy) is 3. The van der Waals surface area contributed by atoms with Gasteiger partial charge in [0.2, 0.25) is 6.79 Å². The molecule has 1 aliphatic rings. The van der Waals surface area contributed by atoms with Gasteiger partial charge in [-0.15, -0.1) is 0 Å². The molecule has 0 aliphatic carbocycles. The minimum atomic E-state index is -0.552. The van der Waals surface area contributed by atoms with E-state index in [4.69, 9.17) is 14.2 Å². The second kappa shape index (κ2) is 8.87. The number of carbonyl (C=O) groups is 1. The summed E-state index contributed by atoms with van der Waals surface area (Å²) in [4.78, 5) is 22.4. The summed E-state index contributed by atoms with van der Waals surface area (Å²) in [5.41, 5.74) is 4.33. The van der Waals surface area contributed by atoms with E-state index in [1.807, 2.05) is 24.3 Å². The van der Waals surface area contributed by atoms with Gasteiger partial charge >= 0.3 is 5.69 Å². The van der Waals surface area contributed by atoms with Gasteiger partial charge in [0.15, 0.2) is 23.9 Å². The lowest BCUT2D eigenvalue weighted by molar-refractivity contribution is -0.385. The van der Waals surface area contributed by atoms with Crippen molar-refractivity contribution in [2.45, 2.75) is 13.8 Å². The molecule has 0 aromatic heterocycles. The first-order valence-electron chi connectivity index (χ1n) is 8.71. The average molecular weight is 397 g/mol. The number of aryl methyl sites for hydroxylation is 1. The standard InChI is InChI=1S/C20H19N3O6/c1-13-3-7-17(16(9-13)23(25)26)27-11-20(24)22-21-14(2)4-5-15-6-8-18-19(10-15)29-12-28-18/h3-10H,11-12H2,1-2H3,(H,22,24)/b5-4+,21-14-. The molecule has 150 valence electrons. The first-order valence-corrected chi connectivity index (χ1v) is 8.71. The molecular formula is C20H19N3O6. The second-order valence-corrected chi connectivity index (χ2v) is 6.25. The molecule has 1 N–H and O–H groups in total. The fourth-order valence-electron chi connectivity index (χ4n) is 2.49. The molecule has 2 aromatic carbocycles. The molecule has 9 nitrogen and oxygen atoms in total. The number of fused-ring (bicyclic) bond motifs is 1. The van der Waals surface area contributed by atoms with Gasteiger partial charge in [-0.1, -0.05) is 18.2 Å². The van der Waals surface area contributed by atoms with Crippen LogP contribution in [0, 0.1) is 17.0 Å². The lowest BCUT2D eigenvalue weighted by Crippen LogP contribution is -2.25. The van der Waals surface area contributed by atoms with Crippen LogP contribution in [-0.2, 0) is 4.79 Å². The number of allylic oxidation sites excluding steroid dienone is 1. The molecule has 0 bridgehead atoms. The molecular weight excluding hydrogens is 378 g/mol. The van der Waals surface area contributed by atoms with Crippen LogP contribution in [0.25, 0.3) is 6.08 Å². The molecule has 9 heteroatoms. The van der Waals surface area contributed by atoms with Gasteiger partial charge in [0.25, 0.3) is 5.91 Å². The summed E-state index contributed by atoms with van der Waals surface area (Å²) in [7, 11) is 0. The highest BCUT2D eigenvalue weighted by Gasteiger charge is 2.16. The maximum absolute atomic E-state index is 11.9. The lowest BCUT2D eigenvalue weighted by Gasteiger charge is -2.06. The molecule has 0 spiro atoms. The zero-order valence-electron chi connectivity index (χ0n) is 15.9. The second-order valence-electron chi connectivity index (χ2n) is 6.25. The SMILES string of the molecule is CC(/C=C/c1ccc2c(c1)OCO2)=N/NC(=O)COc1ccc(C)cc1[N+](=O)[O-]. The maximum Gasteiger partial charge on any atom is 0.311 e. The highest BCUT2D eigenvalue weighted by molar-refractivity contribution is 5.97. The van der Waals surface area contributed by atoms with Crippen LogP contribution in [0.1, 0.15) is 18.1 Å². The number of amides is 1. The number of hydrogen-bond acceptors (Lipinski definition) is 7. The maximum atomic E-state index is 11.9. The zero-order chi connectivity index (χ0) is 20.8. The molecule has 1 aliphatic heterocycles. The number of hydrazone groups is 1. The van der Waals surface area contributed by atoms with Crippen molar-refractivity contribution in [2.24, 2.45) is 5.10 Å². The van der Waals surface area contributed by atoms with Crippen molar-refractivity contribution < 1.29 is 23.9 Å². The van der Waals surface area contributed by atoms with E-state index in [1.165, 1.54) is 12.1 Å². The van der Waals surface area contributed by atoms with Gasteiger partial charge in [-0.3, -0.25) is 14.9 Å². The Kier molecular flexibility index (Phi) is 6.08. The summed E-state index contributed by atoms with van der Waals surface area (Å²) in [6.07, 6.45) is 3.54. The van der Waals surface area contributed by atoms with E-state index in [0.29, 0.717) is 17.2 Å². The summed E-state index contributed by atoms with van der Waals surface area (Å²) in [5.74, 6) is 0.876. The predicted molar refractivity (Wildman–Crippen MR) is 106 cm³/mol. The number of nitro groups is 1. The van der Waals surface area contributed by atoms with E-state index in [9.17, 15) is 14.9 Å². The summed E-state index contributed by atoms with van der Waals surface area (Å²) in [6.45, 7) is 3.27. The van der Waals surface area contributed by atoms with Crippen molar-refractivity contribution in [2.75, 3.05) is 13.4 Å². The minimum absolute atomic E-state index is 0.0270. The van der Waals surface area contributed by atoms with Crippen LogP contribution in [-0.4, -0.2) is 29.9 Å². The lowest BCUT2D eigenvalue weighted by atomic mass is 10.2. The third-order valence-electron chi connectivity index (χ3n) is 3.94.